The van der Waals surface area contributed by atoms with Crippen molar-refractivity contribution >= 4 is 27.8 Å². The van der Waals surface area contributed by atoms with E-state index in [9.17, 15) is 4.79 Å². The van der Waals surface area contributed by atoms with E-state index in [1.54, 1.807) is 12.1 Å². The van der Waals surface area contributed by atoms with Crippen LogP contribution in [0.2, 0.25) is 0 Å². The van der Waals surface area contributed by atoms with Gasteiger partial charge in [-0.05, 0) is 43.2 Å². The fraction of sp³-hybridized carbons (Fsp3) is 0.130. The summed E-state index contributed by atoms with van der Waals surface area (Å²) in [6.07, 6.45) is 0. The van der Waals surface area contributed by atoms with E-state index in [1.807, 2.05) is 56.4 Å². The summed E-state index contributed by atoms with van der Waals surface area (Å²) in [6.45, 7) is 4.12. The van der Waals surface area contributed by atoms with Gasteiger partial charge in [0.1, 0.15) is 12.8 Å². The smallest absolute Gasteiger partial charge is 0.345 e. The van der Waals surface area contributed by atoms with Gasteiger partial charge in [-0.3, -0.25) is 0 Å². The number of aromatic nitrogens is 1. The number of hydrogen-bond donors (Lipinski definition) is 0. The van der Waals surface area contributed by atoms with Crippen LogP contribution < -0.4 is 9.30 Å². The third kappa shape index (κ3) is 2.62. The fourth-order valence-electron chi connectivity index (χ4n) is 3.64. The number of para-hydroxylation sites is 2. The molecule has 0 unspecified atom stereocenters. The Balaban J connectivity index is 2.05. The third-order valence-electron chi connectivity index (χ3n) is 4.76. The number of fused-ring (bicyclic) bond motifs is 2. The highest BCUT2D eigenvalue weighted by atomic mass is 16.5. The van der Waals surface area contributed by atoms with Crippen molar-refractivity contribution in [2.24, 2.45) is 7.05 Å². The van der Waals surface area contributed by atoms with Crippen LogP contribution in [0.1, 0.15) is 21.5 Å². The molecule has 0 atom stereocenters. The van der Waals surface area contributed by atoms with Crippen molar-refractivity contribution in [3.63, 3.8) is 0 Å². The number of carbonyl (C=O) groups is 1. The lowest BCUT2D eigenvalue weighted by Gasteiger charge is -2.12. The summed E-state index contributed by atoms with van der Waals surface area (Å²) in [7, 11) is 2.04. The second-order valence-electron chi connectivity index (χ2n) is 6.63. The maximum Gasteiger partial charge on any atom is 0.345 e. The average Bonchev–Trinajstić information content (AvgIpc) is 2.63. The van der Waals surface area contributed by atoms with Crippen LogP contribution in [0.25, 0.3) is 21.8 Å². The molecule has 4 aromatic rings. The van der Waals surface area contributed by atoms with Crippen molar-refractivity contribution in [3.05, 3.63) is 83.4 Å². The van der Waals surface area contributed by atoms with E-state index in [0.29, 0.717) is 11.3 Å². The van der Waals surface area contributed by atoms with E-state index in [4.69, 9.17) is 4.74 Å². The minimum atomic E-state index is -0.329. The quantitative estimate of drug-likeness (QED) is 0.230. The summed E-state index contributed by atoms with van der Waals surface area (Å²) in [5, 5.41) is 1.84. The molecule has 0 aliphatic rings. The van der Waals surface area contributed by atoms with Gasteiger partial charge < -0.3 is 4.74 Å². The highest BCUT2D eigenvalue weighted by Crippen LogP contribution is 2.29. The number of pyridine rings is 1. The Hall–Kier alpha value is -3.20. The lowest BCUT2D eigenvalue weighted by atomic mass is 9.97. The van der Waals surface area contributed by atoms with Crippen LogP contribution in [0, 0.1) is 13.8 Å². The van der Waals surface area contributed by atoms with Crippen molar-refractivity contribution in [1.82, 2.24) is 0 Å². The zero-order valence-electron chi connectivity index (χ0n) is 15.1. The van der Waals surface area contributed by atoms with Crippen LogP contribution in [0.15, 0.2) is 66.7 Å². The van der Waals surface area contributed by atoms with Gasteiger partial charge in [-0.15, -0.1) is 0 Å². The largest absolute Gasteiger partial charge is 0.423 e. The second kappa shape index (κ2) is 6.26. The SMILES string of the molecule is Cc1cc(C)c2c(C(=O)Oc3ccccc3)c3ccccc3[n+](C)c2c1. The van der Waals surface area contributed by atoms with E-state index < -0.39 is 0 Å². The van der Waals surface area contributed by atoms with E-state index >= 15 is 0 Å². The molecule has 0 N–H and O–H groups in total. The summed E-state index contributed by atoms with van der Waals surface area (Å²) < 4.78 is 7.84. The molecule has 0 radical (unpaired) electrons. The number of rotatable bonds is 2. The molecular formula is C23H20NO2+. The van der Waals surface area contributed by atoms with Gasteiger partial charge in [-0.1, -0.05) is 36.4 Å². The zero-order valence-corrected chi connectivity index (χ0v) is 15.1. The van der Waals surface area contributed by atoms with E-state index in [0.717, 1.165) is 27.4 Å². The molecule has 128 valence electrons. The van der Waals surface area contributed by atoms with Crippen molar-refractivity contribution in [2.45, 2.75) is 13.8 Å². The molecule has 0 aliphatic heterocycles. The molecule has 1 aromatic heterocycles. The van der Waals surface area contributed by atoms with E-state index in [-0.39, 0.29) is 5.97 Å². The summed E-state index contributed by atoms with van der Waals surface area (Å²) in [4.78, 5) is 13.2. The van der Waals surface area contributed by atoms with E-state index in [1.165, 1.54) is 5.56 Å². The molecule has 0 spiro atoms. The van der Waals surface area contributed by atoms with Crippen LogP contribution in [0.4, 0.5) is 0 Å². The molecular weight excluding hydrogens is 322 g/mol. The van der Waals surface area contributed by atoms with Crippen molar-refractivity contribution < 1.29 is 14.1 Å². The second-order valence-corrected chi connectivity index (χ2v) is 6.63. The predicted octanol–water partition coefficient (Wildman–Crippen LogP) is 4.65. The van der Waals surface area contributed by atoms with Crippen LogP contribution in [-0.4, -0.2) is 5.97 Å². The number of esters is 1. The highest BCUT2D eigenvalue weighted by molar-refractivity contribution is 6.14. The Morgan fingerprint density at radius 1 is 0.885 bits per heavy atom. The molecule has 4 rings (SSSR count). The minimum Gasteiger partial charge on any atom is -0.423 e. The molecule has 1 heterocycles. The first-order valence-corrected chi connectivity index (χ1v) is 8.65. The van der Waals surface area contributed by atoms with Crippen LogP contribution >= 0.6 is 0 Å². The van der Waals surface area contributed by atoms with Gasteiger partial charge in [0.25, 0.3) is 0 Å². The maximum absolute atomic E-state index is 13.2. The molecule has 0 saturated heterocycles. The lowest BCUT2D eigenvalue weighted by molar-refractivity contribution is -0.617. The van der Waals surface area contributed by atoms with Gasteiger partial charge in [0.05, 0.1) is 16.3 Å². The lowest BCUT2D eigenvalue weighted by Crippen LogP contribution is -2.32. The minimum absolute atomic E-state index is 0.329. The van der Waals surface area contributed by atoms with Gasteiger partial charge in [-0.25, -0.2) is 4.79 Å². The first-order chi connectivity index (χ1) is 12.6. The molecule has 26 heavy (non-hydrogen) atoms. The number of benzene rings is 3. The van der Waals surface area contributed by atoms with Crippen molar-refractivity contribution in [3.8, 4) is 5.75 Å². The van der Waals surface area contributed by atoms with Gasteiger partial charge >= 0.3 is 5.97 Å². The number of ether oxygens (including phenoxy) is 1. The number of aryl methyl sites for hydroxylation is 3. The Kier molecular flexibility index (Phi) is 3.92. The molecule has 0 aliphatic carbocycles. The van der Waals surface area contributed by atoms with Crippen LogP contribution in [-0.2, 0) is 7.05 Å². The summed E-state index contributed by atoms with van der Waals surface area (Å²) in [5.74, 6) is 0.220. The third-order valence-corrected chi connectivity index (χ3v) is 4.76. The van der Waals surface area contributed by atoms with Crippen LogP contribution in [0.3, 0.4) is 0 Å². The Morgan fingerprint density at radius 2 is 1.58 bits per heavy atom. The van der Waals surface area contributed by atoms with E-state index in [2.05, 4.69) is 23.6 Å². The topological polar surface area (TPSA) is 30.2 Å². The summed E-state index contributed by atoms with van der Waals surface area (Å²) in [5.41, 5.74) is 4.89. The number of hydrogen-bond acceptors (Lipinski definition) is 2. The van der Waals surface area contributed by atoms with Gasteiger partial charge in [0.2, 0.25) is 11.0 Å². The molecule has 0 saturated carbocycles. The van der Waals surface area contributed by atoms with Crippen molar-refractivity contribution in [1.29, 1.82) is 0 Å². The van der Waals surface area contributed by atoms with Gasteiger partial charge in [-0.2, -0.15) is 4.57 Å². The first-order valence-electron chi connectivity index (χ1n) is 8.65. The Bertz CT molecular complexity index is 1150. The predicted molar refractivity (Wildman–Crippen MR) is 104 cm³/mol. The fourth-order valence-corrected chi connectivity index (χ4v) is 3.64. The maximum atomic E-state index is 13.2. The zero-order chi connectivity index (χ0) is 18.3. The standard InChI is InChI=1S/C23H20NO2/c1-15-13-16(2)21-20(14-15)24(3)19-12-8-7-11-18(19)22(21)23(25)26-17-9-5-4-6-10-17/h4-14H,1-3H3/q+1. The Labute approximate surface area is 152 Å². The monoisotopic (exact) mass is 342 g/mol. The van der Waals surface area contributed by atoms with Gasteiger partial charge in [0.15, 0.2) is 0 Å². The number of nitrogens with zero attached hydrogens (tertiary/aromatic N) is 1. The summed E-state index contributed by atoms with van der Waals surface area (Å²) in [6, 6.07) is 21.4. The normalized spacial score (nSPS) is 11.0. The summed E-state index contributed by atoms with van der Waals surface area (Å²) >= 11 is 0. The highest BCUT2D eigenvalue weighted by Gasteiger charge is 2.25. The molecule has 3 heteroatoms. The first kappa shape index (κ1) is 16.3. The molecule has 3 nitrogen and oxygen atoms in total. The van der Waals surface area contributed by atoms with Gasteiger partial charge in [0, 0.05) is 12.1 Å². The number of carbonyl (C=O) groups excluding carboxylic acids is 1. The Morgan fingerprint density at radius 3 is 2.35 bits per heavy atom. The molecule has 0 fully saturated rings. The molecule has 3 aromatic carbocycles. The molecule has 0 amide bonds. The van der Waals surface area contributed by atoms with Crippen molar-refractivity contribution in [2.75, 3.05) is 0 Å². The van der Waals surface area contributed by atoms with Crippen LogP contribution in [0.5, 0.6) is 5.75 Å². The molecule has 0 bridgehead atoms. The average molecular weight is 342 g/mol.